The summed E-state index contributed by atoms with van der Waals surface area (Å²) in [6, 6.07) is 27.2. The van der Waals surface area contributed by atoms with Gasteiger partial charge < -0.3 is 18.6 Å². The van der Waals surface area contributed by atoms with E-state index >= 15 is 0 Å². The number of benzene rings is 3. The molecule has 1 aliphatic rings. The number of aromatic nitrogens is 2. The van der Waals surface area contributed by atoms with Crippen LogP contribution in [-0.2, 0) is 13.9 Å². The Labute approximate surface area is 253 Å². The zero-order chi connectivity index (χ0) is 29.6. The van der Waals surface area contributed by atoms with E-state index < -0.39 is 8.32 Å². The van der Waals surface area contributed by atoms with E-state index in [1.165, 1.54) is 22.5 Å². The molecule has 4 aromatic rings. The van der Waals surface area contributed by atoms with E-state index in [1.807, 2.05) is 12.1 Å². The second-order valence-corrected chi connectivity index (χ2v) is 16.1. The minimum Gasteiger partial charge on any atom is -0.491 e. The molecule has 0 saturated carbocycles. The highest BCUT2D eigenvalue weighted by Gasteiger charge is 2.50. The van der Waals surface area contributed by atoms with E-state index in [2.05, 4.69) is 74.3 Å². The summed E-state index contributed by atoms with van der Waals surface area (Å²) < 4.78 is 40.8. The Morgan fingerprint density at radius 2 is 1.64 bits per heavy atom. The van der Waals surface area contributed by atoms with Gasteiger partial charge in [0.15, 0.2) is 0 Å². The predicted molar refractivity (Wildman–Crippen MR) is 168 cm³/mol. The van der Waals surface area contributed by atoms with Gasteiger partial charge in [0.2, 0.25) is 0 Å². The maximum absolute atomic E-state index is 13.3. The van der Waals surface area contributed by atoms with E-state index in [9.17, 15) is 4.39 Å². The van der Waals surface area contributed by atoms with Crippen LogP contribution in [0.2, 0.25) is 5.04 Å². The molecule has 1 aliphatic heterocycles. The molecule has 220 valence electrons. The van der Waals surface area contributed by atoms with Crippen LogP contribution in [0.15, 0.2) is 104 Å². The first kappa shape index (κ1) is 30.1. The van der Waals surface area contributed by atoms with Crippen molar-refractivity contribution < 1.29 is 23.0 Å². The molecule has 9 heteroatoms. The molecule has 42 heavy (non-hydrogen) atoms. The van der Waals surface area contributed by atoms with E-state index in [1.54, 1.807) is 35.4 Å². The molecule has 5 rings (SSSR count). The quantitative estimate of drug-likeness (QED) is 0.170. The first-order chi connectivity index (χ1) is 20.3. The molecule has 0 N–H and O–H groups in total. The number of hydrogen-bond donors (Lipinski definition) is 0. The summed E-state index contributed by atoms with van der Waals surface area (Å²) >= 11 is 5.56. The largest absolute Gasteiger partial charge is 0.491 e. The van der Waals surface area contributed by atoms with Gasteiger partial charge in [-0.2, -0.15) is 0 Å². The lowest BCUT2D eigenvalue weighted by atomic mass is 10.1. The lowest BCUT2D eigenvalue weighted by Gasteiger charge is -2.43. The lowest BCUT2D eigenvalue weighted by Crippen LogP contribution is -2.66. The molecule has 1 saturated heterocycles. The third-order valence-electron chi connectivity index (χ3n) is 7.63. The summed E-state index contributed by atoms with van der Waals surface area (Å²) in [6.45, 7) is 7.60. The number of hydrogen-bond acceptors (Lipinski definition) is 6. The summed E-state index contributed by atoms with van der Waals surface area (Å²) in [5.74, 6) is 0.284. The Hall–Kier alpha value is -3.37. The zero-order valence-corrected chi connectivity index (χ0v) is 26.0. The second kappa shape index (κ2) is 13.3. The highest BCUT2D eigenvalue weighted by atomic mass is 32.1. The van der Waals surface area contributed by atoms with Crippen molar-refractivity contribution in [2.75, 3.05) is 13.2 Å². The second-order valence-electron chi connectivity index (χ2n) is 11.5. The minimum absolute atomic E-state index is 0.128. The summed E-state index contributed by atoms with van der Waals surface area (Å²) in [6.07, 6.45) is 5.49. The molecule has 0 aliphatic carbocycles. The molecule has 1 aromatic heterocycles. The van der Waals surface area contributed by atoms with Crippen LogP contribution in [0.5, 0.6) is 5.75 Å². The highest BCUT2D eigenvalue weighted by molar-refractivity contribution is 7.80. The Balaban J connectivity index is 1.34. The number of halogens is 1. The molecule has 6 nitrogen and oxygen atoms in total. The van der Waals surface area contributed by atoms with Crippen LogP contribution in [0.4, 0.5) is 4.39 Å². The van der Waals surface area contributed by atoms with Crippen LogP contribution in [-0.4, -0.2) is 54.6 Å². The van der Waals surface area contributed by atoms with Crippen LogP contribution in [0.1, 0.15) is 33.6 Å². The van der Waals surface area contributed by atoms with Crippen molar-refractivity contribution >= 4 is 36.1 Å². The normalized spacial score (nSPS) is 19.0. The summed E-state index contributed by atoms with van der Waals surface area (Å²) in [5, 5.41) is 2.65. The molecule has 0 unspecified atom stereocenters. The van der Waals surface area contributed by atoms with Crippen LogP contribution >= 0.6 is 12.2 Å². The van der Waals surface area contributed by atoms with Gasteiger partial charge in [-0.05, 0) is 58.3 Å². The average molecular weight is 605 g/mol. The highest BCUT2D eigenvalue weighted by Crippen LogP contribution is 2.37. The Bertz CT molecular complexity index is 1380. The van der Waals surface area contributed by atoms with Gasteiger partial charge >= 0.3 is 0 Å². The van der Waals surface area contributed by atoms with Gasteiger partial charge in [0.1, 0.15) is 30.6 Å². The topological polar surface area (TPSA) is 54.7 Å². The molecule has 0 spiro atoms. The number of nitrogens with zero attached hydrogens (tertiary/aromatic N) is 2. The fraction of sp³-hybridized carbons (Fsp3) is 0.333. The number of imidazole rings is 1. The predicted octanol–water partition coefficient (Wildman–Crippen LogP) is 5.74. The van der Waals surface area contributed by atoms with Crippen molar-refractivity contribution in [2.45, 2.75) is 57.0 Å². The monoisotopic (exact) mass is 604 g/mol. The maximum atomic E-state index is 13.3. The fourth-order valence-electron chi connectivity index (χ4n) is 5.65. The van der Waals surface area contributed by atoms with Crippen molar-refractivity contribution in [2.24, 2.45) is 0 Å². The standard InChI is InChI=1S/C33H37FN2O4SSi/c1-33(2,3)42(28-10-6-4-7-11-28,29-12-8-5-9-13-29)38-21-18-30-31(40-32(41)36-20-19-35-24-36)22-27(39-30)23-37-26-16-14-25(34)15-17-26/h4-17,19-20,24,27,30-31H,18,21-23H2,1-3H3/t27-,30+,31+/m0/s1. The van der Waals surface area contributed by atoms with Gasteiger partial charge in [-0.1, -0.05) is 81.4 Å². The Morgan fingerprint density at radius 1 is 1.00 bits per heavy atom. The van der Waals surface area contributed by atoms with Gasteiger partial charge in [0, 0.05) is 25.4 Å². The van der Waals surface area contributed by atoms with Crippen LogP contribution in [0.3, 0.4) is 0 Å². The van der Waals surface area contributed by atoms with E-state index in [0.717, 1.165) is 0 Å². The molecule has 3 atom stereocenters. The van der Waals surface area contributed by atoms with E-state index in [0.29, 0.717) is 37.0 Å². The van der Waals surface area contributed by atoms with Gasteiger partial charge in [0.25, 0.3) is 13.5 Å². The smallest absolute Gasteiger partial charge is 0.269 e. The zero-order valence-electron chi connectivity index (χ0n) is 24.2. The molecular formula is C33H37FN2O4SSi. The first-order valence-corrected chi connectivity index (χ1v) is 16.6. The molecule has 3 aromatic carbocycles. The van der Waals surface area contributed by atoms with Gasteiger partial charge in [-0.3, -0.25) is 4.57 Å². The maximum Gasteiger partial charge on any atom is 0.269 e. The SMILES string of the molecule is CC(C)(C)[Si](OCC[C@H]1O[C@H](COc2ccc(F)cc2)C[C@H]1OC(=S)n1ccnc1)(c1ccccc1)c1ccccc1. The average Bonchev–Trinajstić information content (AvgIpc) is 3.66. The number of rotatable bonds is 10. The molecular weight excluding hydrogens is 568 g/mol. The molecule has 1 fully saturated rings. The third-order valence-corrected chi connectivity index (χ3v) is 13.0. The molecule has 0 amide bonds. The first-order valence-electron chi connectivity index (χ1n) is 14.2. The molecule has 0 bridgehead atoms. The third kappa shape index (κ3) is 6.81. The van der Waals surface area contributed by atoms with Crippen molar-refractivity contribution in [3.8, 4) is 5.75 Å². The molecule has 0 radical (unpaired) electrons. The van der Waals surface area contributed by atoms with E-state index in [-0.39, 0.29) is 29.2 Å². The Morgan fingerprint density at radius 3 is 2.21 bits per heavy atom. The van der Waals surface area contributed by atoms with Gasteiger partial charge in [0.05, 0.1) is 12.2 Å². The van der Waals surface area contributed by atoms with Crippen molar-refractivity contribution in [3.63, 3.8) is 0 Å². The minimum atomic E-state index is -2.69. The molecule has 2 heterocycles. The van der Waals surface area contributed by atoms with Gasteiger partial charge in [-0.15, -0.1) is 0 Å². The van der Waals surface area contributed by atoms with Gasteiger partial charge in [-0.25, -0.2) is 9.37 Å². The lowest BCUT2D eigenvalue weighted by molar-refractivity contribution is -0.0130. The van der Waals surface area contributed by atoms with Crippen molar-refractivity contribution in [1.82, 2.24) is 9.55 Å². The van der Waals surface area contributed by atoms with Crippen LogP contribution in [0.25, 0.3) is 0 Å². The summed E-state index contributed by atoms with van der Waals surface area (Å²) in [7, 11) is -2.69. The number of ether oxygens (including phenoxy) is 3. The fourth-order valence-corrected chi connectivity index (χ4v) is 10.5. The van der Waals surface area contributed by atoms with Crippen molar-refractivity contribution in [1.29, 1.82) is 0 Å². The van der Waals surface area contributed by atoms with E-state index in [4.69, 9.17) is 30.9 Å². The van der Waals surface area contributed by atoms with Crippen LogP contribution in [0, 0.1) is 5.82 Å². The Kier molecular flexibility index (Phi) is 9.52. The summed E-state index contributed by atoms with van der Waals surface area (Å²) in [5.41, 5.74) is 0. The summed E-state index contributed by atoms with van der Waals surface area (Å²) in [4.78, 5) is 4.08. The van der Waals surface area contributed by atoms with Crippen LogP contribution < -0.4 is 15.1 Å². The van der Waals surface area contributed by atoms with Crippen molar-refractivity contribution in [3.05, 3.63) is 109 Å². The number of thiocarbonyl (C=S) groups is 1.